The molecule has 1 aromatic heterocycles. The van der Waals surface area contributed by atoms with Crippen molar-refractivity contribution in [1.29, 1.82) is 0 Å². The average Bonchev–Trinajstić information content (AvgIpc) is 2.74. The van der Waals surface area contributed by atoms with Crippen LogP contribution in [0.4, 0.5) is 0 Å². The van der Waals surface area contributed by atoms with Gasteiger partial charge in [-0.15, -0.1) is 0 Å². The zero-order valence-electron chi connectivity index (χ0n) is 12.0. The van der Waals surface area contributed by atoms with Crippen molar-refractivity contribution < 1.29 is 4.74 Å². The molecule has 0 unspecified atom stereocenters. The first-order chi connectivity index (χ1) is 8.58. The SMILES string of the molecule is CC(C)c1cn(C(C)C)nc1CN1CCOCC1. The maximum atomic E-state index is 5.39. The van der Waals surface area contributed by atoms with E-state index in [0.29, 0.717) is 12.0 Å². The first-order valence-corrected chi connectivity index (χ1v) is 6.96. The summed E-state index contributed by atoms with van der Waals surface area (Å²) in [5, 5.41) is 4.76. The Labute approximate surface area is 110 Å². The molecule has 0 N–H and O–H groups in total. The summed E-state index contributed by atoms with van der Waals surface area (Å²) in [6.45, 7) is 13.5. The number of aromatic nitrogens is 2. The van der Waals surface area contributed by atoms with Gasteiger partial charge in [0.2, 0.25) is 0 Å². The van der Waals surface area contributed by atoms with Crippen molar-refractivity contribution in [3.8, 4) is 0 Å². The van der Waals surface area contributed by atoms with E-state index in [1.807, 2.05) is 0 Å². The molecule has 0 saturated carbocycles. The molecule has 1 aliphatic heterocycles. The van der Waals surface area contributed by atoms with Crippen molar-refractivity contribution in [2.24, 2.45) is 0 Å². The quantitative estimate of drug-likeness (QED) is 0.823. The number of hydrogen-bond acceptors (Lipinski definition) is 3. The minimum Gasteiger partial charge on any atom is -0.379 e. The van der Waals surface area contributed by atoms with Gasteiger partial charge in [0.15, 0.2) is 0 Å². The van der Waals surface area contributed by atoms with E-state index in [2.05, 4.69) is 43.5 Å². The van der Waals surface area contributed by atoms with Gasteiger partial charge in [-0.2, -0.15) is 5.10 Å². The van der Waals surface area contributed by atoms with Gasteiger partial charge < -0.3 is 4.74 Å². The Morgan fingerprint density at radius 2 is 1.89 bits per heavy atom. The molecule has 1 saturated heterocycles. The van der Waals surface area contributed by atoms with E-state index in [4.69, 9.17) is 9.84 Å². The standard InChI is InChI=1S/C14H25N3O/c1-11(2)13-9-17(12(3)4)15-14(13)10-16-5-7-18-8-6-16/h9,11-12H,5-8,10H2,1-4H3. The van der Waals surface area contributed by atoms with Crippen LogP contribution in [-0.4, -0.2) is 41.0 Å². The summed E-state index contributed by atoms with van der Waals surface area (Å²) in [7, 11) is 0. The lowest BCUT2D eigenvalue weighted by Gasteiger charge is -2.26. The molecule has 0 aromatic carbocycles. The van der Waals surface area contributed by atoms with Crippen molar-refractivity contribution in [3.63, 3.8) is 0 Å². The Morgan fingerprint density at radius 1 is 1.22 bits per heavy atom. The van der Waals surface area contributed by atoms with Crippen molar-refractivity contribution in [3.05, 3.63) is 17.5 Å². The van der Waals surface area contributed by atoms with Crippen molar-refractivity contribution in [2.45, 2.75) is 46.2 Å². The molecule has 2 heterocycles. The maximum Gasteiger partial charge on any atom is 0.0799 e. The summed E-state index contributed by atoms with van der Waals surface area (Å²) in [4.78, 5) is 2.43. The molecule has 0 amide bonds. The van der Waals surface area contributed by atoms with Crippen molar-refractivity contribution in [2.75, 3.05) is 26.3 Å². The first kappa shape index (κ1) is 13.6. The molecule has 1 fully saturated rings. The third-order valence-corrected chi connectivity index (χ3v) is 3.47. The van der Waals surface area contributed by atoms with Crippen LogP contribution in [0.15, 0.2) is 6.20 Å². The number of ether oxygens (including phenoxy) is 1. The van der Waals surface area contributed by atoms with E-state index in [0.717, 1.165) is 32.8 Å². The van der Waals surface area contributed by atoms with Gasteiger partial charge >= 0.3 is 0 Å². The van der Waals surface area contributed by atoms with Gasteiger partial charge in [0.25, 0.3) is 0 Å². The molecule has 2 rings (SSSR count). The predicted octanol–water partition coefficient (Wildman–Crippen LogP) is 2.42. The number of hydrogen-bond donors (Lipinski definition) is 0. The lowest BCUT2D eigenvalue weighted by molar-refractivity contribution is 0.0334. The van der Waals surface area contributed by atoms with E-state index >= 15 is 0 Å². The second kappa shape index (κ2) is 5.85. The minimum absolute atomic E-state index is 0.431. The normalized spacial score (nSPS) is 17.9. The van der Waals surface area contributed by atoms with Crippen molar-refractivity contribution in [1.82, 2.24) is 14.7 Å². The lowest BCUT2D eigenvalue weighted by atomic mass is 10.0. The van der Waals surface area contributed by atoms with E-state index in [1.165, 1.54) is 11.3 Å². The second-order valence-electron chi connectivity index (χ2n) is 5.65. The van der Waals surface area contributed by atoms with E-state index < -0.39 is 0 Å². The minimum atomic E-state index is 0.431. The predicted molar refractivity (Wildman–Crippen MR) is 72.8 cm³/mol. The number of morpholine rings is 1. The van der Waals surface area contributed by atoms with Crippen LogP contribution in [0.25, 0.3) is 0 Å². The van der Waals surface area contributed by atoms with Gasteiger partial charge in [-0.3, -0.25) is 9.58 Å². The van der Waals surface area contributed by atoms with Gasteiger partial charge in [-0.1, -0.05) is 13.8 Å². The highest BCUT2D eigenvalue weighted by atomic mass is 16.5. The third kappa shape index (κ3) is 3.12. The van der Waals surface area contributed by atoms with E-state index in [-0.39, 0.29) is 0 Å². The molecule has 102 valence electrons. The fraction of sp³-hybridized carbons (Fsp3) is 0.786. The zero-order valence-corrected chi connectivity index (χ0v) is 12.0. The van der Waals surface area contributed by atoms with Crippen molar-refractivity contribution >= 4 is 0 Å². The van der Waals surface area contributed by atoms with Gasteiger partial charge in [-0.05, 0) is 25.3 Å². The van der Waals surface area contributed by atoms with Crippen LogP contribution in [0.2, 0.25) is 0 Å². The van der Waals surface area contributed by atoms with Gasteiger partial charge in [0, 0.05) is 31.9 Å². The summed E-state index contributed by atoms with van der Waals surface area (Å²) >= 11 is 0. The van der Waals surface area contributed by atoms with E-state index in [1.54, 1.807) is 0 Å². The lowest BCUT2D eigenvalue weighted by Crippen LogP contribution is -2.36. The highest BCUT2D eigenvalue weighted by Gasteiger charge is 2.18. The smallest absolute Gasteiger partial charge is 0.0799 e. The molecule has 0 atom stereocenters. The van der Waals surface area contributed by atoms with Crippen LogP contribution in [-0.2, 0) is 11.3 Å². The second-order valence-corrected chi connectivity index (χ2v) is 5.65. The topological polar surface area (TPSA) is 30.3 Å². The summed E-state index contributed by atoms with van der Waals surface area (Å²) in [6.07, 6.45) is 2.21. The maximum absolute atomic E-state index is 5.39. The average molecular weight is 251 g/mol. The summed E-state index contributed by atoms with van der Waals surface area (Å²) in [6, 6.07) is 0.431. The Hall–Kier alpha value is -0.870. The molecule has 1 aromatic rings. The first-order valence-electron chi connectivity index (χ1n) is 6.96. The summed E-state index contributed by atoms with van der Waals surface area (Å²) in [5.41, 5.74) is 2.62. The Kier molecular flexibility index (Phi) is 4.40. The monoisotopic (exact) mass is 251 g/mol. The Balaban J connectivity index is 2.14. The number of nitrogens with zero attached hydrogens (tertiary/aromatic N) is 3. The molecule has 18 heavy (non-hydrogen) atoms. The number of rotatable bonds is 4. The molecular weight excluding hydrogens is 226 g/mol. The zero-order chi connectivity index (χ0) is 13.1. The molecule has 0 radical (unpaired) electrons. The molecular formula is C14H25N3O. The molecule has 0 spiro atoms. The largest absolute Gasteiger partial charge is 0.379 e. The fourth-order valence-electron chi connectivity index (χ4n) is 2.28. The Bertz CT molecular complexity index is 378. The molecule has 0 aliphatic carbocycles. The van der Waals surface area contributed by atoms with Crippen LogP contribution in [0.3, 0.4) is 0 Å². The summed E-state index contributed by atoms with van der Waals surface area (Å²) in [5.74, 6) is 0.536. The highest BCUT2D eigenvalue weighted by molar-refractivity contribution is 5.21. The molecule has 0 bridgehead atoms. The third-order valence-electron chi connectivity index (χ3n) is 3.47. The van der Waals surface area contributed by atoms with Crippen LogP contribution in [0.1, 0.15) is 50.9 Å². The van der Waals surface area contributed by atoms with Gasteiger partial charge in [0.1, 0.15) is 0 Å². The highest BCUT2D eigenvalue weighted by Crippen LogP contribution is 2.21. The van der Waals surface area contributed by atoms with Gasteiger partial charge in [0.05, 0.1) is 18.9 Å². The fourth-order valence-corrected chi connectivity index (χ4v) is 2.28. The Morgan fingerprint density at radius 3 is 2.44 bits per heavy atom. The van der Waals surface area contributed by atoms with Crippen LogP contribution in [0, 0.1) is 0 Å². The molecule has 1 aliphatic rings. The summed E-state index contributed by atoms with van der Waals surface area (Å²) < 4.78 is 7.48. The van der Waals surface area contributed by atoms with Crippen LogP contribution in [0.5, 0.6) is 0 Å². The van der Waals surface area contributed by atoms with Crippen LogP contribution < -0.4 is 0 Å². The van der Waals surface area contributed by atoms with Crippen LogP contribution >= 0.6 is 0 Å². The molecule has 4 heteroatoms. The van der Waals surface area contributed by atoms with Gasteiger partial charge in [-0.25, -0.2) is 0 Å². The molecule has 4 nitrogen and oxygen atoms in total. The van der Waals surface area contributed by atoms with E-state index in [9.17, 15) is 0 Å².